The molecule has 0 bridgehead atoms. The molecule has 0 saturated carbocycles. The molecule has 0 radical (unpaired) electrons. The van der Waals surface area contributed by atoms with Crippen molar-refractivity contribution in [2.75, 3.05) is 26.4 Å². The summed E-state index contributed by atoms with van der Waals surface area (Å²) in [5, 5.41) is 23.8. The Balaban J connectivity index is 1.79. The van der Waals surface area contributed by atoms with E-state index in [-0.39, 0.29) is 36.7 Å². The molecule has 10 nitrogen and oxygen atoms in total. The van der Waals surface area contributed by atoms with Gasteiger partial charge in [0.1, 0.15) is 5.75 Å². The second-order valence-electron chi connectivity index (χ2n) is 9.64. The van der Waals surface area contributed by atoms with Crippen LogP contribution in [-0.4, -0.2) is 48.4 Å². The first-order chi connectivity index (χ1) is 19.8. The van der Waals surface area contributed by atoms with Crippen LogP contribution in [0.1, 0.15) is 63.5 Å². The van der Waals surface area contributed by atoms with Crippen molar-refractivity contribution < 1.29 is 33.8 Å². The van der Waals surface area contributed by atoms with Gasteiger partial charge < -0.3 is 24.6 Å². The van der Waals surface area contributed by atoms with Gasteiger partial charge in [0, 0.05) is 36.6 Å². The van der Waals surface area contributed by atoms with Gasteiger partial charge in [0.05, 0.1) is 41.8 Å². The van der Waals surface area contributed by atoms with E-state index in [0.29, 0.717) is 55.0 Å². The summed E-state index contributed by atoms with van der Waals surface area (Å²) in [7, 11) is 0. The largest absolute Gasteiger partial charge is 0.493 e. The van der Waals surface area contributed by atoms with Gasteiger partial charge in [-0.1, -0.05) is 44.5 Å². The van der Waals surface area contributed by atoms with Crippen LogP contribution in [0.3, 0.4) is 0 Å². The maximum Gasteiger partial charge on any atom is 0.336 e. The number of aliphatic hydroxyl groups excluding tert-OH is 1. The zero-order valence-corrected chi connectivity index (χ0v) is 23.8. The van der Waals surface area contributed by atoms with E-state index in [2.05, 4.69) is 5.32 Å². The maximum absolute atomic E-state index is 13.5. The molecule has 3 rings (SSSR count). The third-order valence-corrected chi connectivity index (χ3v) is 6.70. The predicted molar refractivity (Wildman–Crippen MR) is 153 cm³/mol. The number of aliphatic hydroxyl groups is 1. The van der Waals surface area contributed by atoms with Gasteiger partial charge in [-0.2, -0.15) is 0 Å². The van der Waals surface area contributed by atoms with Crippen molar-refractivity contribution in [3.63, 3.8) is 0 Å². The van der Waals surface area contributed by atoms with Crippen LogP contribution in [-0.2, 0) is 25.5 Å². The lowest BCUT2D eigenvalue weighted by atomic mass is 9.79. The standard InChI is InChI=1S/C31H38N2O8/c1-4-6-17-40-31(36)29-26(5-2)32-21(3)27(28(29)23-9-7-10-24(20-23)33(37)38)30(35)41-19-8-18-39-25-13-11-22(12-14-25)15-16-34/h7,9-14,20,28,32,34H,4-6,8,15-19H2,1-3H3. The van der Waals surface area contributed by atoms with Crippen LogP contribution in [0, 0.1) is 10.1 Å². The number of nitrogens with one attached hydrogen (secondary N) is 1. The third-order valence-electron chi connectivity index (χ3n) is 6.70. The summed E-state index contributed by atoms with van der Waals surface area (Å²) in [4.78, 5) is 37.9. The number of carbonyl (C=O) groups is 2. The van der Waals surface area contributed by atoms with Crippen molar-refractivity contribution >= 4 is 17.6 Å². The highest BCUT2D eigenvalue weighted by atomic mass is 16.6. The number of esters is 2. The highest BCUT2D eigenvalue weighted by molar-refractivity contribution is 6.00. The number of carbonyl (C=O) groups excluding carboxylic acids is 2. The number of unbranched alkanes of at least 4 members (excludes halogenated alkanes) is 1. The van der Waals surface area contributed by atoms with Crippen molar-refractivity contribution in [2.24, 2.45) is 0 Å². The molecule has 41 heavy (non-hydrogen) atoms. The molecule has 0 aliphatic carbocycles. The SMILES string of the molecule is CCCCOC(=O)C1=C(CC)NC(C)=C(C(=O)OCCCOc2ccc(CCO)cc2)C1c1cccc([N+](=O)[O-])c1. The van der Waals surface area contributed by atoms with Crippen LogP contribution in [0.5, 0.6) is 5.75 Å². The summed E-state index contributed by atoms with van der Waals surface area (Å²) in [6.45, 7) is 6.27. The minimum Gasteiger partial charge on any atom is -0.493 e. The van der Waals surface area contributed by atoms with Gasteiger partial charge in [-0.05, 0) is 49.4 Å². The van der Waals surface area contributed by atoms with Crippen LogP contribution in [0.15, 0.2) is 71.1 Å². The summed E-state index contributed by atoms with van der Waals surface area (Å²) in [5.74, 6) is -1.44. The average Bonchev–Trinajstić information content (AvgIpc) is 2.97. The van der Waals surface area contributed by atoms with E-state index in [1.54, 1.807) is 13.0 Å². The van der Waals surface area contributed by atoms with Gasteiger partial charge in [0.25, 0.3) is 5.69 Å². The fraction of sp³-hybridized carbons (Fsp3) is 0.419. The van der Waals surface area contributed by atoms with Gasteiger partial charge in [0.15, 0.2) is 0 Å². The predicted octanol–water partition coefficient (Wildman–Crippen LogP) is 5.11. The first-order valence-corrected chi connectivity index (χ1v) is 13.9. The van der Waals surface area contributed by atoms with Gasteiger partial charge in [0.2, 0.25) is 0 Å². The van der Waals surface area contributed by atoms with Crippen LogP contribution in [0.4, 0.5) is 5.69 Å². The summed E-state index contributed by atoms with van der Waals surface area (Å²) in [6.07, 6.45) is 2.99. The Morgan fingerprint density at radius 2 is 1.66 bits per heavy atom. The highest BCUT2D eigenvalue weighted by Crippen LogP contribution is 2.41. The molecule has 0 spiro atoms. The number of nitro benzene ring substituents is 1. The van der Waals surface area contributed by atoms with E-state index in [4.69, 9.17) is 19.3 Å². The van der Waals surface area contributed by atoms with Crippen molar-refractivity contribution in [3.05, 3.63) is 92.3 Å². The molecule has 220 valence electrons. The molecule has 0 amide bonds. The molecule has 0 aromatic heterocycles. The van der Waals surface area contributed by atoms with E-state index in [0.717, 1.165) is 12.0 Å². The molecular formula is C31H38N2O8. The number of nitrogens with zero attached hydrogens (tertiary/aromatic N) is 1. The Kier molecular flexibility index (Phi) is 11.9. The first kappa shape index (κ1) is 31.3. The minimum atomic E-state index is -0.901. The molecule has 10 heteroatoms. The van der Waals surface area contributed by atoms with Crippen molar-refractivity contribution in [1.82, 2.24) is 5.32 Å². The van der Waals surface area contributed by atoms with E-state index in [1.807, 2.05) is 38.1 Å². The molecule has 1 heterocycles. The molecule has 1 atom stereocenters. The summed E-state index contributed by atoms with van der Waals surface area (Å²) >= 11 is 0. The average molecular weight is 567 g/mol. The quantitative estimate of drug-likeness (QED) is 0.130. The zero-order valence-electron chi connectivity index (χ0n) is 23.8. The highest BCUT2D eigenvalue weighted by Gasteiger charge is 2.39. The maximum atomic E-state index is 13.5. The number of hydrogen-bond donors (Lipinski definition) is 2. The fourth-order valence-corrected chi connectivity index (χ4v) is 4.60. The van der Waals surface area contributed by atoms with E-state index >= 15 is 0 Å². The number of hydrogen-bond acceptors (Lipinski definition) is 9. The Morgan fingerprint density at radius 3 is 2.29 bits per heavy atom. The molecule has 2 aromatic carbocycles. The van der Waals surface area contributed by atoms with Crippen molar-refractivity contribution in [2.45, 2.75) is 58.8 Å². The van der Waals surface area contributed by atoms with Crippen LogP contribution in [0.2, 0.25) is 0 Å². The second-order valence-corrected chi connectivity index (χ2v) is 9.64. The van der Waals surface area contributed by atoms with Crippen molar-refractivity contribution in [1.29, 1.82) is 0 Å². The lowest BCUT2D eigenvalue weighted by Gasteiger charge is -2.31. The first-order valence-electron chi connectivity index (χ1n) is 13.9. The lowest BCUT2D eigenvalue weighted by Crippen LogP contribution is -2.33. The van der Waals surface area contributed by atoms with Crippen LogP contribution >= 0.6 is 0 Å². The smallest absolute Gasteiger partial charge is 0.336 e. The summed E-state index contributed by atoms with van der Waals surface area (Å²) in [5.41, 5.74) is 2.83. The molecule has 0 saturated heterocycles. The number of rotatable bonds is 15. The molecule has 1 aliphatic rings. The number of benzene rings is 2. The second kappa shape index (κ2) is 15.6. The molecule has 2 N–H and O–H groups in total. The van der Waals surface area contributed by atoms with Gasteiger partial charge in [-0.15, -0.1) is 0 Å². The third kappa shape index (κ3) is 8.40. The Hall–Kier alpha value is -4.18. The summed E-state index contributed by atoms with van der Waals surface area (Å²) < 4.78 is 16.9. The normalized spacial score (nSPS) is 14.9. The fourth-order valence-electron chi connectivity index (χ4n) is 4.60. The van der Waals surface area contributed by atoms with E-state index < -0.39 is 22.8 Å². The Labute approximate surface area is 240 Å². The van der Waals surface area contributed by atoms with E-state index in [9.17, 15) is 19.7 Å². The van der Waals surface area contributed by atoms with Gasteiger partial charge in [-0.25, -0.2) is 9.59 Å². The molecule has 2 aromatic rings. The summed E-state index contributed by atoms with van der Waals surface area (Å²) in [6, 6.07) is 13.3. The topological polar surface area (TPSA) is 137 Å². The number of dihydropyridines is 1. The van der Waals surface area contributed by atoms with Crippen LogP contribution < -0.4 is 10.1 Å². The van der Waals surface area contributed by atoms with E-state index in [1.165, 1.54) is 18.2 Å². The minimum absolute atomic E-state index is 0.0699. The molecular weight excluding hydrogens is 528 g/mol. The van der Waals surface area contributed by atoms with Gasteiger partial charge >= 0.3 is 11.9 Å². The molecule has 1 aliphatic heterocycles. The van der Waals surface area contributed by atoms with Gasteiger partial charge in [-0.3, -0.25) is 10.1 Å². The monoisotopic (exact) mass is 566 g/mol. The molecule has 1 unspecified atom stereocenters. The molecule has 0 fully saturated rings. The number of nitro groups is 1. The Morgan fingerprint density at radius 1 is 0.976 bits per heavy atom. The number of allylic oxidation sites excluding steroid dienone is 2. The lowest BCUT2D eigenvalue weighted by molar-refractivity contribution is -0.384. The van der Waals surface area contributed by atoms with Crippen molar-refractivity contribution in [3.8, 4) is 5.75 Å². The number of ether oxygens (including phenoxy) is 3. The van der Waals surface area contributed by atoms with Crippen LogP contribution in [0.25, 0.3) is 0 Å². The number of non-ortho nitro benzene ring substituents is 1. The zero-order chi connectivity index (χ0) is 29.8. The Bertz CT molecular complexity index is 1280.